The second-order valence-electron chi connectivity index (χ2n) is 4.92. The van der Waals surface area contributed by atoms with Gasteiger partial charge >= 0.3 is 0 Å². The highest BCUT2D eigenvalue weighted by Crippen LogP contribution is 2.44. The van der Waals surface area contributed by atoms with Crippen molar-refractivity contribution in [1.29, 1.82) is 0 Å². The van der Waals surface area contributed by atoms with E-state index in [2.05, 4.69) is 19.1 Å². The summed E-state index contributed by atoms with van der Waals surface area (Å²) in [6.07, 6.45) is 17.3. The fraction of sp³-hybridized carbons (Fsp3) is 0.667. The fourth-order valence-electron chi connectivity index (χ4n) is 2.88. The Hall–Kier alpha value is -0.520. The van der Waals surface area contributed by atoms with Gasteiger partial charge in [-0.2, -0.15) is 0 Å². The first kappa shape index (κ1) is 11.0. The summed E-state index contributed by atoms with van der Waals surface area (Å²) < 4.78 is 0. The smallest absolute Gasteiger partial charge is 0.0279 e. The minimum absolute atomic E-state index is 1.04. The van der Waals surface area contributed by atoms with Crippen LogP contribution in [0.5, 0.6) is 0 Å². The molecule has 1 unspecified atom stereocenters. The topological polar surface area (TPSA) is 0 Å². The van der Waals surface area contributed by atoms with Crippen LogP contribution in [0, 0.1) is 18.9 Å². The number of rotatable bonds is 1. The van der Waals surface area contributed by atoms with Crippen LogP contribution in [0.3, 0.4) is 0 Å². The van der Waals surface area contributed by atoms with Crippen molar-refractivity contribution >= 4 is 0 Å². The Morgan fingerprint density at radius 1 is 1.33 bits per heavy atom. The van der Waals surface area contributed by atoms with Crippen LogP contribution < -0.4 is 0 Å². The average molecular weight is 202 g/mol. The molecule has 0 saturated heterocycles. The van der Waals surface area contributed by atoms with E-state index in [1.807, 2.05) is 0 Å². The van der Waals surface area contributed by atoms with Gasteiger partial charge in [-0.3, -0.25) is 0 Å². The normalized spacial score (nSPS) is 27.9. The van der Waals surface area contributed by atoms with Crippen LogP contribution >= 0.6 is 0 Å². The summed E-state index contributed by atoms with van der Waals surface area (Å²) in [5.41, 5.74) is 3.45. The Morgan fingerprint density at radius 3 is 2.53 bits per heavy atom. The second kappa shape index (κ2) is 5.53. The van der Waals surface area contributed by atoms with Crippen LogP contribution in [0.1, 0.15) is 57.8 Å². The fourth-order valence-corrected chi connectivity index (χ4v) is 2.88. The highest BCUT2D eigenvalue weighted by atomic mass is 14.3. The van der Waals surface area contributed by atoms with Crippen LogP contribution in [-0.4, -0.2) is 0 Å². The first-order valence-electron chi connectivity index (χ1n) is 6.44. The molecule has 0 aromatic rings. The lowest BCUT2D eigenvalue weighted by Gasteiger charge is -2.08. The van der Waals surface area contributed by atoms with Crippen molar-refractivity contribution in [3.05, 3.63) is 30.2 Å². The standard InChI is InChI=1S/C9H13.C6H9/c1-2-8-5-7-3-4-9(8)6-7;1-2-4-6-5-3-1/h7H,1-6H2;1H,2,4-6H2. The molecule has 0 heterocycles. The zero-order valence-corrected chi connectivity index (χ0v) is 9.73. The monoisotopic (exact) mass is 202 g/mol. The number of fused-ring (bicyclic) bond motifs is 2. The minimum atomic E-state index is 1.04. The quantitative estimate of drug-likeness (QED) is 0.544. The van der Waals surface area contributed by atoms with Gasteiger partial charge in [-0.05, 0) is 76.7 Å². The molecule has 0 spiro atoms. The van der Waals surface area contributed by atoms with E-state index in [1.165, 1.54) is 51.4 Å². The zero-order chi connectivity index (χ0) is 10.5. The summed E-state index contributed by atoms with van der Waals surface area (Å²) in [5.74, 6) is 1.04. The third-order valence-corrected chi connectivity index (χ3v) is 3.79. The van der Waals surface area contributed by atoms with E-state index in [0.717, 1.165) is 12.3 Å². The van der Waals surface area contributed by atoms with E-state index in [4.69, 9.17) is 0 Å². The SMILES string of the molecule is [CH2]CC1=C2CCC(C1)C2.[C]1=CCCCC1. The lowest BCUT2D eigenvalue weighted by molar-refractivity contribution is 0.559. The van der Waals surface area contributed by atoms with Gasteiger partial charge in [-0.1, -0.05) is 17.2 Å². The minimum Gasteiger partial charge on any atom is -0.0811 e. The predicted octanol–water partition coefficient (Wildman–Crippen LogP) is 4.63. The van der Waals surface area contributed by atoms with Gasteiger partial charge in [0.2, 0.25) is 0 Å². The van der Waals surface area contributed by atoms with Gasteiger partial charge in [0, 0.05) is 0 Å². The van der Waals surface area contributed by atoms with Crippen LogP contribution in [0.4, 0.5) is 0 Å². The Balaban J connectivity index is 0.000000124. The molecule has 0 aromatic carbocycles. The largest absolute Gasteiger partial charge is 0.0811 e. The second-order valence-corrected chi connectivity index (χ2v) is 4.92. The van der Waals surface area contributed by atoms with E-state index in [0.29, 0.717) is 0 Å². The summed E-state index contributed by atoms with van der Waals surface area (Å²) in [6, 6.07) is 0. The van der Waals surface area contributed by atoms with Crippen molar-refractivity contribution in [2.45, 2.75) is 57.8 Å². The number of hydrogen-bond donors (Lipinski definition) is 0. The molecule has 3 aliphatic rings. The van der Waals surface area contributed by atoms with Gasteiger partial charge in [0.05, 0.1) is 0 Å². The Bertz CT molecular complexity index is 249. The lowest BCUT2D eigenvalue weighted by Crippen LogP contribution is -1.92. The molecule has 15 heavy (non-hydrogen) atoms. The molecule has 1 fully saturated rings. The maximum Gasteiger partial charge on any atom is -0.0279 e. The summed E-state index contributed by atoms with van der Waals surface area (Å²) in [5, 5.41) is 0. The number of hydrogen-bond acceptors (Lipinski definition) is 0. The molecule has 0 heteroatoms. The Kier molecular flexibility index (Phi) is 4.05. The molecule has 0 aromatic heterocycles. The van der Waals surface area contributed by atoms with Crippen molar-refractivity contribution in [2.24, 2.45) is 5.92 Å². The predicted molar refractivity (Wildman–Crippen MR) is 65.2 cm³/mol. The summed E-state index contributed by atoms with van der Waals surface area (Å²) in [7, 11) is 0. The van der Waals surface area contributed by atoms with Crippen molar-refractivity contribution in [3.63, 3.8) is 0 Å². The molecule has 0 N–H and O–H groups in total. The summed E-state index contributed by atoms with van der Waals surface area (Å²) in [4.78, 5) is 0. The molecule has 0 amide bonds. The third kappa shape index (κ3) is 2.96. The van der Waals surface area contributed by atoms with Crippen molar-refractivity contribution in [3.8, 4) is 0 Å². The van der Waals surface area contributed by atoms with E-state index in [1.54, 1.807) is 11.1 Å². The molecule has 2 bridgehead atoms. The first-order valence-corrected chi connectivity index (χ1v) is 6.44. The number of allylic oxidation sites excluding steroid dienone is 4. The Labute approximate surface area is 94.5 Å². The van der Waals surface area contributed by atoms with Gasteiger partial charge in [-0.15, -0.1) is 0 Å². The van der Waals surface area contributed by atoms with Crippen LogP contribution in [-0.2, 0) is 0 Å². The average Bonchev–Trinajstić information content (AvgIpc) is 2.93. The van der Waals surface area contributed by atoms with Gasteiger partial charge in [0.15, 0.2) is 0 Å². The summed E-state index contributed by atoms with van der Waals surface area (Å²) >= 11 is 0. The molecule has 82 valence electrons. The van der Waals surface area contributed by atoms with Crippen LogP contribution in [0.2, 0.25) is 0 Å². The summed E-state index contributed by atoms with van der Waals surface area (Å²) in [6.45, 7) is 3.93. The van der Waals surface area contributed by atoms with Crippen molar-refractivity contribution < 1.29 is 0 Å². The highest BCUT2D eigenvalue weighted by Gasteiger charge is 2.28. The molecule has 1 saturated carbocycles. The molecular weight excluding hydrogens is 180 g/mol. The van der Waals surface area contributed by atoms with Gasteiger partial charge in [0.25, 0.3) is 0 Å². The molecule has 2 radical (unpaired) electrons. The molecule has 0 nitrogen and oxygen atoms in total. The molecule has 1 atom stereocenters. The molecule has 0 aliphatic heterocycles. The van der Waals surface area contributed by atoms with E-state index < -0.39 is 0 Å². The van der Waals surface area contributed by atoms with E-state index in [-0.39, 0.29) is 0 Å². The molecular formula is C15H22. The van der Waals surface area contributed by atoms with E-state index in [9.17, 15) is 0 Å². The Morgan fingerprint density at radius 2 is 2.27 bits per heavy atom. The van der Waals surface area contributed by atoms with Crippen LogP contribution in [0.25, 0.3) is 0 Å². The maximum atomic E-state index is 3.93. The van der Waals surface area contributed by atoms with Crippen LogP contribution in [0.15, 0.2) is 17.2 Å². The maximum absolute atomic E-state index is 3.93. The van der Waals surface area contributed by atoms with Crippen molar-refractivity contribution in [2.75, 3.05) is 0 Å². The molecule has 3 rings (SSSR count). The molecule has 3 aliphatic carbocycles. The van der Waals surface area contributed by atoms with Gasteiger partial charge in [-0.25, -0.2) is 0 Å². The van der Waals surface area contributed by atoms with Gasteiger partial charge < -0.3 is 0 Å². The zero-order valence-electron chi connectivity index (χ0n) is 9.73. The third-order valence-electron chi connectivity index (χ3n) is 3.79. The highest BCUT2D eigenvalue weighted by molar-refractivity contribution is 5.25. The van der Waals surface area contributed by atoms with E-state index >= 15 is 0 Å². The first-order chi connectivity index (χ1) is 7.40. The lowest BCUT2D eigenvalue weighted by atomic mass is 9.98. The van der Waals surface area contributed by atoms with Gasteiger partial charge in [0.1, 0.15) is 0 Å². The van der Waals surface area contributed by atoms with Crippen molar-refractivity contribution in [1.82, 2.24) is 0 Å².